The van der Waals surface area contributed by atoms with Gasteiger partial charge in [-0.25, -0.2) is 0 Å². The number of rotatable bonds is 8. The monoisotopic (exact) mass is 243 g/mol. The van der Waals surface area contributed by atoms with Crippen molar-refractivity contribution in [1.29, 1.82) is 0 Å². The van der Waals surface area contributed by atoms with Gasteiger partial charge >= 0.3 is 0 Å². The number of nitrogens with one attached hydrogen (secondary N) is 1. The van der Waals surface area contributed by atoms with E-state index in [4.69, 9.17) is 0 Å². The van der Waals surface area contributed by atoms with Crippen molar-refractivity contribution >= 4 is 23.1 Å². The van der Waals surface area contributed by atoms with E-state index < -0.39 is 0 Å². The molecule has 1 aromatic rings. The standard InChI is InChI=1S/C12H21NS2/c1-3-6-14-10-12(13-4-2)8-11-5-7-15-9-11/h5,7,9,12-13H,3-4,6,8,10H2,1-2H3. The van der Waals surface area contributed by atoms with E-state index in [0.29, 0.717) is 6.04 Å². The molecule has 1 unspecified atom stereocenters. The average molecular weight is 243 g/mol. The Labute approximate surface area is 102 Å². The molecule has 0 radical (unpaired) electrons. The van der Waals surface area contributed by atoms with Crippen LogP contribution in [0.1, 0.15) is 25.8 Å². The Hall–Kier alpha value is 0.01000. The van der Waals surface area contributed by atoms with Gasteiger partial charge in [0.05, 0.1) is 0 Å². The van der Waals surface area contributed by atoms with Crippen molar-refractivity contribution < 1.29 is 0 Å². The highest BCUT2D eigenvalue weighted by molar-refractivity contribution is 7.99. The topological polar surface area (TPSA) is 12.0 Å². The lowest BCUT2D eigenvalue weighted by atomic mass is 10.1. The molecule has 0 aliphatic carbocycles. The SMILES string of the molecule is CCCSCC(Cc1ccsc1)NCC. The van der Waals surface area contributed by atoms with Crippen molar-refractivity contribution in [2.45, 2.75) is 32.7 Å². The predicted octanol–water partition coefficient (Wildman–Crippen LogP) is 3.41. The van der Waals surface area contributed by atoms with Gasteiger partial charge in [-0.15, -0.1) is 0 Å². The molecule has 1 rings (SSSR count). The molecule has 0 saturated heterocycles. The van der Waals surface area contributed by atoms with Gasteiger partial charge in [-0.3, -0.25) is 0 Å². The largest absolute Gasteiger partial charge is 0.313 e. The first kappa shape index (κ1) is 13.1. The highest BCUT2D eigenvalue weighted by atomic mass is 32.2. The van der Waals surface area contributed by atoms with Crippen LogP contribution >= 0.6 is 23.1 Å². The van der Waals surface area contributed by atoms with Crippen LogP contribution in [-0.2, 0) is 6.42 Å². The summed E-state index contributed by atoms with van der Waals surface area (Å²) in [6.45, 7) is 5.50. The Morgan fingerprint density at radius 3 is 2.93 bits per heavy atom. The van der Waals surface area contributed by atoms with Crippen molar-refractivity contribution in [2.24, 2.45) is 0 Å². The van der Waals surface area contributed by atoms with Gasteiger partial charge in [0.15, 0.2) is 0 Å². The summed E-state index contributed by atoms with van der Waals surface area (Å²) in [7, 11) is 0. The Kier molecular flexibility index (Phi) is 7.14. The second kappa shape index (κ2) is 8.20. The normalized spacial score (nSPS) is 12.9. The zero-order valence-corrected chi connectivity index (χ0v) is 11.3. The first-order valence-electron chi connectivity index (χ1n) is 5.69. The molecular formula is C12H21NS2. The summed E-state index contributed by atoms with van der Waals surface area (Å²) in [5.74, 6) is 2.52. The van der Waals surface area contributed by atoms with E-state index in [1.165, 1.54) is 29.9 Å². The van der Waals surface area contributed by atoms with E-state index in [2.05, 4.69) is 47.8 Å². The average Bonchev–Trinajstić information content (AvgIpc) is 2.71. The Bertz CT molecular complexity index is 234. The fourth-order valence-electron chi connectivity index (χ4n) is 1.54. The summed E-state index contributed by atoms with van der Waals surface area (Å²) in [4.78, 5) is 0. The second-order valence-electron chi connectivity index (χ2n) is 3.67. The Balaban J connectivity index is 2.29. The molecule has 0 aliphatic rings. The lowest BCUT2D eigenvalue weighted by molar-refractivity contribution is 0.573. The maximum Gasteiger partial charge on any atom is 0.0198 e. The summed E-state index contributed by atoms with van der Waals surface area (Å²) >= 11 is 3.86. The molecular weight excluding hydrogens is 222 g/mol. The van der Waals surface area contributed by atoms with Crippen molar-refractivity contribution in [3.63, 3.8) is 0 Å². The van der Waals surface area contributed by atoms with Gasteiger partial charge in [0, 0.05) is 11.8 Å². The molecule has 0 bridgehead atoms. The molecule has 0 amide bonds. The first-order valence-corrected chi connectivity index (χ1v) is 7.78. The fraction of sp³-hybridized carbons (Fsp3) is 0.667. The van der Waals surface area contributed by atoms with E-state index in [-0.39, 0.29) is 0 Å². The molecule has 1 aromatic heterocycles. The molecule has 1 N–H and O–H groups in total. The lowest BCUT2D eigenvalue weighted by Gasteiger charge is -2.16. The van der Waals surface area contributed by atoms with E-state index in [0.717, 1.165) is 6.54 Å². The van der Waals surface area contributed by atoms with E-state index in [1.54, 1.807) is 11.3 Å². The van der Waals surface area contributed by atoms with Crippen LogP contribution in [-0.4, -0.2) is 24.1 Å². The van der Waals surface area contributed by atoms with Gasteiger partial charge in [-0.1, -0.05) is 13.8 Å². The molecule has 1 heterocycles. The highest BCUT2D eigenvalue weighted by Crippen LogP contribution is 2.12. The van der Waals surface area contributed by atoms with Crippen LogP contribution < -0.4 is 5.32 Å². The maximum atomic E-state index is 3.56. The van der Waals surface area contributed by atoms with Crippen molar-refractivity contribution in [3.05, 3.63) is 22.4 Å². The Morgan fingerprint density at radius 1 is 1.47 bits per heavy atom. The zero-order chi connectivity index (χ0) is 10.9. The molecule has 1 nitrogen and oxygen atoms in total. The van der Waals surface area contributed by atoms with Crippen LogP contribution in [0.4, 0.5) is 0 Å². The third-order valence-electron chi connectivity index (χ3n) is 2.22. The predicted molar refractivity (Wildman–Crippen MR) is 73.1 cm³/mol. The molecule has 0 aliphatic heterocycles. The molecule has 1 atom stereocenters. The molecule has 15 heavy (non-hydrogen) atoms. The van der Waals surface area contributed by atoms with Gasteiger partial charge in [0.2, 0.25) is 0 Å². The first-order chi connectivity index (χ1) is 7.36. The number of hydrogen-bond acceptors (Lipinski definition) is 3. The number of thiophene rings is 1. The van der Waals surface area contributed by atoms with Crippen LogP contribution in [0, 0.1) is 0 Å². The minimum absolute atomic E-state index is 0.640. The van der Waals surface area contributed by atoms with E-state index >= 15 is 0 Å². The second-order valence-corrected chi connectivity index (χ2v) is 5.60. The fourth-order valence-corrected chi connectivity index (χ4v) is 3.20. The third kappa shape index (κ3) is 5.59. The summed E-state index contributed by atoms with van der Waals surface area (Å²) in [6.07, 6.45) is 2.45. The summed E-state index contributed by atoms with van der Waals surface area (Å²) in [5, 5.41) is 7.99. The zero-order valence-electron chi connectivity index (χ0n) is 9.66. The van der Waals surface area contributed by atoms with Gasteiger partial charge < -0.3 is 5.32 Å². The quantitative estimate of drug-likeness (QED) is 0.702. The van der Waals surface area contributed by atoms with Crippen molar-refractivity contribution in [3.8, 4) is 0 Å². The van der Waals surface area contributed by atoms with Gasteiger partial charge in [-0.2, -0.15) is 23.1 Å². The third-order valence-corrected chi connectivity index (χ3v) is 4.29. The van der Waals surface area contributed by atoms with Crippen LogP contribution in [0.3, 0.4) is 0 Å². The number of hydrogen-bond donors (Lipinski definition) is 1. The van der Waals surface area contributed by atoms with Crippen LogP contribution in [0.2, 0.25) is 0 Å². The van der Waals surface area contributed by atoms with Gasteiger partial charge in [0.1, 0.15) is 0 Å². The maximum absolute atomic E-state index is 3.56. The molecule has 0 fully saturated rings. The summed E-state index contributed by atoms with van der Waals surface area (Å²) in [6, 6.07) is 2.88. The molecule has 3 heteroatoms. The Morgan fingerprint density at radius 2 is 2.33 bits per heavy atom. The molecule has 0 spiro atoms. The molecule has 0 saturated carbocycles. The summed E-state index contributed by atoms with van der Waals surface area (Å²) in [5.41, 5.74) is 1.48. The van der Waals surface area contributed by atoms with Gasteiger partial charge in [0.25, 0.3) is 0 Å². The van der Waals surface area contributed by atoms with E-state index in [1.807, 2.05) is 0 Å². The van der Waals surface area contributed by atoms with Crippen LogP contribution in [0.5, 0.6) is 0 Å². The molecule has 0 aromatic carbocycles. The van der Waals surface area contributed by atoms with Crippen LogP contribution in [0.25, 0.3) is 0 Å². The number of thioether (sulfide) groups is 1. The lowest BCUT2D eigenvalue weighted by Crippen LogP contribution is -2.33. The smallest absolute Gasteiger partial charge is 0.0198 e. The van der Waals surface area contributed by atoms with Crippen molar-refractivity contribution in [2.75, 3.05) is 18.1 Å². The minimum atomic E-state index is 0.640. The highest BCUT2D eigenvalue weighted by Gasteiger charge is 2.08. The van der Waals surface area contributed by atoms with Crippen molar-refractivity contribution in [1.82, 2.24) is 5.32 Å². The summed E-state index contributed by atoms with van der Waals surface area (Å²) < 4.78 is 0. The van der Waals surface area contributed by atoms with Crippen LogP contribution in [0.15, 0.2) is 16.8 Å². The molecule has 86 valence electrons. The minimum Gasteiger partial charge on any atom is -0.313 e. The number of likely N-dealkylation sites (N-methyl/N-ethyl adjacent to an activating group) is 1. The van der Waals surface area contributed by atoms with E-state index in [9.17, 15) is 0 Å². The van der Waals surface area contributed by atoms with Gasteiger partial charge in [-0.05, 0) is 47.5 Å².